The topological polar surface area (TPSA) is 7.12 Å². The van der Waals surface area contributed by atoms with Crippen LogP contribution in [0.4, 0.5) is 5.69 Å². The fourth-order valence-corrected chi connectivity index (χ4v) is 5.33. The van der Waals surface area contributed by atoms with Crippen molar-refractivity contribution < 1.29 is 4.57 Å². The van der Waals surface area contributed by atoms with Crippen LogP contribution in [0, 0.1) is 0 Å². The van der Waals surface area contributed by atoms with E-state index in [2.05, 4.69) is 86.9 Å². The van der Waals surface area contributed by atoms with Crippen LogP contribution in [-0.2, 0) is 6.54 Å². The standard InChI is InChI=1S/C22H24BrN2S/c1-2-25-20-12-9-18(23)16-21(20)26-22(25)13-8-17-6-10-19(11-7-17)24-14-4-3-5-15-24/h6-13,16H,2-5,14-15H2,1H3/q+1. The molecule has 1 aromatic heterocycles. The van der Waals surface area contributed by atoms with Gasteiger partial charge in [-0.25, -0.2) is 0 Å². The Balaban J connectivity index is 1.57. The molecule has 4 heteroatoms. The number of anilines is 1. The molecule has 0 N–H and O–H groups in total. The lowest BCUT2D eigenvalue weighted by molar-refractivity contribution is -0.665. The van der Waals surface area contributed by atoms with E-state index in [4.69, 9.17) is 0 Å². The SMILES string of the molecule is CC[n+]1c(/C=C/c2ccc(N3CCCCC3)cc2)sc2cc(Br)ccc21. The van der Waals surface area contributed by atoms with Crippen molar-refractivity contribution in [1.82, 2.24) is 0 Å². The van der Waals surface area contributed by atoms with Crippen molar-refractivity contribution >= 4 is 55.3 Å². The van der Waals surface area contributed by atoms with Gasteiger partial charge in [-0.3, -0.25) is 0 Å². The third-order valence-electron chi connectivity index (χ3n) is 5.04. The summed E-state index contributed by atoms with van der Waals surface area (Å²) in [6.07, 6.45) is 8.49. The van der Waals surface area contributed by atoms with E-state index in [1.165, 1.54) is 58.8 Å². The summed E-state index contributed by atoms with van der Waals surface area (Å²) < 4.78 is 4.84. The maximum absolute atomic E-state index is 3.58. The molecular formula is C22H24BrN2S+. The van der Waals surface area contributed by atoms with Crippen molar-refractivity contribution in [2.24, 2.45) is 0 Å². The summed E-state index contributed by atoms with van der Waals surface area (Å²) in [6.45, 7) is 5.58. The molecule has 4 rings (SSSR count). The molecule has 3 aromatic rings. The molecule has 1 aliphatic heterocycles. The fraction of sp³-hybridized carbons (Fsp3) is 0.318. The number of piperidine rings is 1. The average Bonchev–Trinajstić information content (AvgIpc) is 3.04. The van der Waals surface area contributed by atoms with Gasteiger partial charge in [-0.15, -0.1) is 0 Å². The third kappa shape index (κ3) is 3.72. The Morgan fingerprint density at radius 3 is 2.54 bits per heavy atom. The summed E-state index contributed by atoms with van der Waals surface area (Å²) >= 11 is 5.42. The summed E-state index contributed by atoms with van der Waals surface area (Å²) in [4.78, 5) is 2.51. The van der Waals surface area contributed by atoms with Gasteiger partial charge in [0.1, 0.15) is 11.2 Å². The fourth-order valence-electron chi connectivity index (χ4n) is 3.65. The van der Waals surface area contributed by atoms with Crippen molar-refractivity contribution in [2.45, 2.75) is 32.7 Å². The molecule has 2 aromatic carbocycles. The first-order valence-corrected chi connectivity index (χ1v) is 11.0. The van der Waals surface area contributed by atoms with Gasteiger partial charge in [0.2, 0.25) is 5.52 Å². The van der Waals surface area contributed by atoms with Crippen LogP contribution < -0.4 is 9.47 Å². The van der Waals surface area contributed by atoms with Crippen LogP contribution in [0.3, 0.4) is 0 Å². The Morgan fingerprint density at radius 2 is 1.81 bits per heavy atom. The minimum absolute atomic E-state index is 0.981. The van der Waals surface area contributed by atoms with Crippen molar-refractivity contribution in [3.63, 3.8) is 0 Å². The highest BCUT2D eigenvalue weighted by atomic mass is 79.9. The molecule has 0 spiro atoms. The van der Waals surface area contributed by atoms with Crippen molar-refractivity contribution in [2.75, 3.05) is 18.0 Å². The molecule has 0 atom stereocenters. The van der Waals surface area contributed by atoms with Crippen LogP contribution in [0.2, 0.25) is 0 Å². The summed E-state index contributed by atoms with van der Waals surface area (Å²) in [5, 5.41) is 1.29. The maximum atomic E-state index is 3.58. The Morgan fingerprint density at radius 1 is 1.04 bits per heavy atom. The van der Waals surface area contributed by atoms with Crippen LogP contribution in [0.25, 0.3) is 22.4 Å². The zero-order valence-corrected chi connectivity index (χ0v) is 17.5. The molecule has 0 saturated carbocycles. The van der Waals surface area contributed by atoms with Crippen LogP contribution in [0.15, 0.2) is 46.9 Å². The van der Waals surface area contributed by atoms with E-state index < -0.39 is 0 Å². The lowest BCUT2D eigenvalue weighted by Gasteiger charge is -2.28. The van der Waals surface area contributed by atoms with E-state index in [0.717, 1.165) is 11.0 Å². The van der Waals surface area contributed by atoms with Crippen LogP contribution in [-0.4, -0.2) is 13.1 Å². The van der Waals surface area contributed by atoms with E-state index in [1.54, 1.807) is 0 Å². The van der Waals surface area contributed by atoms with E-state index in [1.807, 2.05) is 11.3 Å². The van der Waals surface area contributed by atoms with E-state index in [9.17, 15) is 0 Å². The molecule has 0 unspecified atom stereocenters. The minimum atomic E-state index is 0.981. The highest BCUT2D eigenvalue weighted by Gasteiger charge is 2.17. The number of halogens is 1. The number of aryl methyl sites for hydroxylation is 1. The summed E-state index contributed by atoms with van der Waals surface area (Å²) in [6, 6.07) is 15.5. The normalized spacial score (nSPS) is 15.2. The summed E-state index contributed by atoms with van der Waals surface area (Å²) in [7, 11) is 0. The molecule has 26 heavy (non-hydrogen) atoms. The number of fused-ring (bicyclic) bond motifs is 1. The zero-order chi connectivity index (χ0) is 17.9. The minimum Gasteiger partial charge on any atom is -0.372 e. The van der Waals surface area contributed by atoms with Crippen molar-refractivity contribution in [3.8, 4) is 0 Å². The number of aromatic nitrogens is 1. The molecule has 0 amide bonds. The molecule has 1 saturated heterocycles. The number of thiazole rings is 1. The van der Waals surface area contributed by atoms with Crippen LogP contribution in [0.1, 0.15) is 36.8 Å². The number of hydrogen-bond acceptors (Lipinski definition) is 2. The lowest BCUT2D eigenvalue weighted by Crippen LogP contribution is -2.33. The second-order valence-electron chi connectivity index (χ2n) is 6.77. The zero-order valence-electron chi connectivity index (χ0n) is 15.1. The molecule has 1 fully saturated rings. The molecule has 0 bridgehead atoms. The Hall–Kier alpha value is -1.65. The predicted molar refractivity (Wildman–Crippen MR) is 117 cm³/mol. The third-order valence-corrected chi connectivity index (χ3v) is 6.65. The Bertz CT molecular complexity index is 921. The first kappa shape index (κ1) is 17.7. The number of rotatable bonds is 4. The number of benzene rings is 2. The quantitative estimate of drug-likeness (QED) is 0.454. The first-order valence-electron chi connectivity index (χ1n) is 9.39. The molecule has 2 heterocycles. The molecule has 0 aliphatic carbocycles. The predicted octanol–water partition coefficient (Wildman–Crippen LogP) is 6.13. The molecule has 0 radical (unpaired) electrons. The summed E-state index contributed by atoms with van der Waals surface area (Å²) in [5.74, 6) is 0. The van der Waals surface area contributed by atoms with Gasteiger partial charge in [0.05, 0.1) is 0 Å². The highest BCUT2D eigenvalue weighted by Crippen LogP contribution is 2.26. The molecule has 134 valence electrons. The van der Waals surface area contributed by atoms with E-state index >= 15 is 0 Å². The monoisotopic (exact) mass is 427 g/mol. The Kier molecular flexibility index (Phi) is 5.41. The van der Waals surface area contributed by atoms with Gasteiger partial charge in [-0.1, -0.05) is 39.4 Å². The Labute approximate surface area is 167 Å². The van der Waals surface area contributed by atoms with E-state index in [0.29, 0.717) is 0 Å². The lowest BCUT2D eigenvalue weighted by atomic mass is 10.1. The van der Waals surface area contributed by atoms with Crippen LogP contribution >= 0.6 is 27.3 Å². The first-order chi connectivity index (χ1) is 12.7. The second-order valence-corrected chi connectivity index (χ2v) is 8.75. The summed E-state index contributed by atoms with van der Waals surface area (Å²) in [5.41, 5.74) is 3.92. The second kappa shape index (κ2) is 7.93. The van der Waals surface area contributed by atoms with Gasteiger partial charge in [0.15, 0.2) is 0 Å². The van der Waals surface area contributed by atoms with Crippen molar-refractivity contribution in [1.29, 1.82) is 0 Å². The highest BCUT2D eigenvalue weighted by molar-refractivity contribution is 9.10. The smallest absolute Gasteiger partial charge is 0.262 e. The van der Waals surface area contributed by atoms with Gasteiger partial charge in [-0.05, 0) is 62.1 Å². The van der Waals surface area contributed by atoms with Gasteiger partial charge in [-0.2, -0.15) is 4.57 Å². The van der Waals surface area contributed by atoms with Crippen molar-refractivity contribution in [3.05, 3.63) is 57.5 Å². The largest absolute Gasteiger partial charge is 0.372 e. The molecule has 2 nitrogen and oxygen atoms in total. The van der Waals surface area contributed by atoms with Gasteiger partial charge < -0.3 is 4.90 Å². The van der Waals surface area contributed by atoms with Crippen LogP contribution in [0.5, 0.6) is 0 Å². The van der Waals surface area contributed by atoms with E-state index in [-0.39, 0.29) is 0 Å². The van der Waals surface area contributed by atoms with Gasteiger partial charge in [0.25, 0.3) is 5.01 Å². The van der Waals surface area contributed by atoms with Gasteiger partial charge in [0, 0.05) is 35.4 Å². The molecular weight excluding hydrogens is 404 g/mol. The molecule has 1 aliphatic rings. The number of nitrogens with zero attached hydrogens (tertiary/aromatic N) is 2. The average molecular weight is 428 g/mol. The maximum Gasteiger partial charge on any atom is 0.262 e. The number of hydrogen-bond donors (Lipinski definition) is 0. The van der Waals surface area contributed by atoms with Gasteiger partial charge >= 0.3 is 0 Å².